The van der Waals surface area contributed by atoms with E-state index in [0.29, 0.717) is 0 Å². The van der Waals surface area contributed by atoms with E-state index in [2.05, 4.69) is 0 Å². The summed E-state index contributed by atoms with van der Waals surface area (Å²) in [6.07, 6.45) is 0. The molecule has 4 nitrogen and oxygen atoms in total. The van der Waals surface area contributed by atoms with Gasteiger partial charge >= 0.3 is 105 Å². The summed E-state index contributed by atoms with van der Waals surface area (Å²) in [6, 6.07) is 0. The topological polar surface area (TPSA) is 74.6 Å². The Balaban J connectivity index is -0.0000000267. The van der Waals surface area contributed by atoms with E-state index in [1.54, 1.807) is 0 Å². The molecule has 0 unspecified atom stereocenters. The van der Waals surface area contributed by atoms with Crippen molar-refractivity contribution in [3.63, 3.8) is 0 Å². The zero-order chi connectivity index (χ0) is 4.50. The van der Waals surface area contributed by atoms with Gasteiger partial charge in [0.05, 0.1) is 0 Å². The summed E-state index contributed by atoms with van der Waals surface area (Å²) < 4.78 is 31.6. The molecule has 0 rings (SSSR count). The Morgan fingerprint density at radius 2 is 1.12 bits per heavy atom. The van der Waals surface area contributed by atoms with Gasteiger partial charge in [0, 0.05) is 0 Å². The van der Waals surface area contributed by atoms with Crippen molar-refractivity contribution in [3.8, 4) is 0 Å². The van der Waals surface area contributed by atoms with Crippen LogP contribution < -0.4 is 0 Å². The Labute approximate surface area is 124 Å². The fraction of sp³-hybridized carbons (Fsp3) is 0. The van der Waals surface area contributed by atoms with Crippen LogP contribution in [0.5, 0.6) is 0 Å². The molecule has 0 spiro atoms. The van der Waals surface area contributed by atoms with Gasteiger partial charge in [0.2, 0.25) is 0 Å². The molecular formula is H7BaFO4SSr. The maximum atomic E-state index is 8.74. The Morgan fingerprint density at radius 1 is 1.12 bits per heavy atom. The predicted octanol–water partition coefficient (Wildman–Crippen LogP) is -2.33. The second-order valence-corrected chi connectivity index (χ2v) is 1.34. The van der Waals surface area contributed by atoms with Crippen LogP contribution in [0, 0.1) is 0 Å². The van der Waals surface area contributed by atoms with Crippen LogP contribution in [0.25, 0.3) is 0 Å². The van der Waals surface area contributed by atoms with E-state index in [0.717, 1.165) is 0 Å². The van der Waals surface area contributed by atoms with E-state index < -0.39 is 10.4 Å². The van der Waals surface area contributed by atoms with E-state index in [9.17, 15) is 0 Å². The van der Waals surface area contributed by atoms with Crippen LogP contribution in [0.4, 0.5) is 4.70 Å². The van der Waals surface area contributed by atoms with Gasteiger partial charge in [-0.3, -0.25) is 13.8 Å². The van der Waals surface area contributed by atoms with Crippen molar-refractivity contribution >= 4 is 105 Å². The van der Waals surface area contributed by atoms with Crippen molar-refractivity contribution in [1.82, 2.24) is 0 Å². The second kappa shape index (κ2) is 9.85. The van der Waals surface area contributed by atoms with Crippen molar-refractivity contribution in [3.05, 3.63) is 0 Å². The molecule has 0 bridgehead atoms. The Hall–Kier alpha value is 2.85. The van der Waals surface area contributed by atoms with Crippen molar-refractivity contribution in [2.75, 3.05) is 0 Å². The quantitative estimate of drug-likeness (QED) is 0.381. The van der Waals surface area contributed by atoms with Gasteiger partial charge in [-0.25, -0.2) is 0 Å². The molecule has 8 heteroatoms. The molecule has 0 fully saturated rings. The molecule has 0 aromatic rings. The fourth-order valence-electron chi connectivity index (χ4n) is 0. The summed E-state index contributed by atoms with van der Waals surface area (Å²) in [5.74, 6) is 0. The van der Waals surface area contributed by atoms with E-state index in [4.69, 9.17) is 17.5 Å². The van der Waals surface area contributed by atoms with Gasteiger partial charge in [0.1, 0.15) is 0 Å². The molecule has 0 aliphatic rings. The van der Waals surface area contributed by atoms with Crippen LogP contribution in [0.2, 0.25) is 0 Å². The summed E-state index contributed by atoms with van der Waals surface area (Å²) in [4.78, 5) is 0. The van der Waals surface area contributed by atoms with Crippen LogP contribution in [-0.2, 0) is 10.4 Å². The third kappa shape index (κ3) is 67.1. The molecule has 0 aromatic heterocycles. The summed E-state index contributed by atoms with van der Waals surface area (Å²) in [7, 11) is -4.67. The SMILES string of the molecule is F.O=S(=O)(O)O.[BaH2].[SrH2]. The Kier molecular flexibility index (Phi) is 27.6. The van der Waals surface area contributed by atoms with Crippen molar-refractivity contribution in [2.45, 2.75) is 0 Å². The summed E-state index contributed by atoms with van der Waals surface area (Å²) >= 11 is 0. The molecule has 0 amide bonds. The summed E-state index contributed by atoms with van der Waals surface area (Å²) in [5, 5.41) is 0. The molecule has 0 aromatic carbocycles. The van der Waals surface area contributed by atoms with Crippen molar-refractivity contribution < 1.29 is 22.2 Å². The first kappa shape index (κ1) is 22.4. The Morgan fingerprint density at radius 3 is 1.12 bits per heavy atom. The van der Waals surface area contributed by atoms with Crippen LogP contribution >= 0.6 is 0 Å². The first-order valence-corrected chi connectivity index (χ1v) is 2.10. The van der Waals surface area contributed by atoms with Crippen LogP contribution in [0.15, 0.2) is 0 Å². The van der Waals surface area contributed by atoms with Gasteiger partial charge < -0.3 is 0 Å². The molecule has 2 N–H and O–H groups in total. The van der Waals surface area contributed by atoms with Gasteiger partial charge in [-0.05, 0) is 0 Å². The van der Waals surface area contributed by atoms with Gasteiger partial charge in [-0.1, -0.05) is 0 Å². The molecule has 0 atom stereocenters. The number of rotatable bonds is 0. The first-order valence-electron chi connectivity index (χ1n) is 0.698. The fourth-order valence-corrected chi connectivity index (χ4v) is 0. The molecule has 0 aliphatic heterocycles. The normalized spacial score (nSPS) is 7.25. The van der Waals surface area contributed by atoms with Crippen molar-refractivity contribution in [1.29, 1.82) is 0 Å². The molecule has 0 aliphatic carbocycles. The standard InChI is InChI=1S/Ba.FH.H2O4S.Sr.4H/c;;1-5(2,3)4;;;;;/h;1H;(H2,1,2,3,4);;;;;. The summed E-state index contributed by atoms with van der Waals surface area (Å²) in [6.45, 7) is 0. The molecule has 0 saturated carbocycles. The van der Waals surface area contributed by atoms with Crippen LogP contribution in [0.1, 0.15) is 0 Å². The Bertz CT molecular complexity index is 99.2. The molecule has 0 radical (unpaired) electrons. The molecule has 0 heterocycles. The van der Waals surface area contributed by atoms with E-state index in [1.165, 1.54) is 0 Å². The third-order valence-electron chi connectivity index (χ3n) is 0. The third-order valence-corrected chi connectivity index (χ3v) is 0. The minimum atomic E-state index is -4.67. The molecular weight excluding hydrogens is 340 g/mol. The van der Waals surface area contributed by atoms with E-state index in [-0.39, 0.29) is 99.1 Å². The summed E-state index contributed by atoms with van der Waals surface area (Å²) in [5.41, 5.74) is 0. The van der Waals surface area contributed by atoms with Crippen molar-refractivity contribution in [2.24, 2.45) is 0 Å². The van der Waals surface area contributed by atoms with Gasteiger partial charge in [0.15, 0.2) is 0 Å². The van der Waals surface area contributed by atoms with Gasteiger partial charge in [0.25, 0.3) is 0 Å². The van der Waals surface area contributed by atoms with Crippen LogP contribution in [0.3, 0.4) is 0 Å². The van der Waals surface area contributed by atoms with E-state index >= 15 is 0 Å². The molecule has 48 valence electrons. The minimum absolute atomic E-state index is 0. The number of halogens is 1. The van der Waals surface area contributed by atoms with Gasteiger partial charge in [-0.2, -0.15) is 8.42 Å². The van der Waals surface area contributed by atoms with E-state index in [1.807, 2.05) is 0 Å². The monoisotopic (exact) mass is 348 g/mol. The average Bonchev–Trinajstić information content (AvgIpc) is 0.722. The molecule has 0 saturated heterocycles. The molecule has 8 heavy (non-hydrogen) atoms. The zero-order valence-electron chi connectivity index (χ0n) is 2.53. The van der Waals surface area contributed by atoms with Crippen LogP contribution in [-0.4, -0.2) is 112 Å². The number of hydrogen-bond donors (Lipinski definition) is 2. The number of hydrogen-bond acceptors (Lipinski definition) is 2. The zero-order valence-corrected chi connectivity index (χ0v) is 3.34. The first-order chi connectivity index (χ1) is 2.00. The second-order valence-electron chi connectivity index (χ2n) is 0.448. The predicted molar refractivity (Wildman–Crippen MR) is 33.8 cm³/mol. The van der Waals surface area contributed by atoms with Gasteiger partial charge in [-0.15, -0.1) is 0 Å². The average molecular weight is 347 g/mol. The maximum absolute atomic E-state index is 8.74.